The molecular formula is C41H49N3O8. The van der Waals surface area contributed by atoms with Gasteiger partial charge >= 0.3 is 0 Å². The molecular weight excluding hydrogens is 662 g/mol. The topological polar surface area (TPSA) is 177 Å². The molecule has 0 radical (unpaired) electrons. The predicted octanol–water partition coefficient (Wildman–Crippen LogP) is 3.67. The van der Waals surface area contributed by atoms with Crippen molar-refractivity contribution in [1.82, 2.24) is 5.32 Å². The SMILES string of the molecule is C[C@H](N)C(=O)N[C@@H](C)C(=O)Nc1cccc(Cc2ccc([C@@H]3O[C@@H]4C[C@H]5[C@@H]6CCC7=CC(=O)C=C[C@]7(C)[C@H]6[C@@H](O)C[C@]5(C)[C@]4(C(=O)CO)O3)cc2)c1. The Morgan fingerprint density at radius 2 is 1.81 bits per heavy atom. The maximum atomic E-state index is 13.9. The minimum absolute atomic E-state index is 0.0165. The Hall–Kier alpha value is -4.00. The highest BCUT2D eigenvalue weighted by atomic mass is 16.7. The fraction of sp³-hybridized carbons (Fsp3) is 0.512. The normalized spacial score (nSPS) is 35.7. The minimum atomic E-state index is -1.41. The van der Waals surface area contributed by atoms with E-state index in [1.54, 1.807) is 32.1 Å². The molecule has 11 heteroatoms. The highest BCUT2D eigenvalue weighted by Gasteiger charge is 2.75. The number of aliphatic hydroxyl groups is 2. The van der Waals surface area contributed by atoms with Crippen LogP contribution in [0.2, 0.25) is 0 Å². The van der Waals surface area contributed by atoms with Gasteiger partial charge in [-0.25, -0.2) is 0 Å². The molecule has 11 nitrogen and oxygen atoms in total. The molecule has 52 heavy (non-hydrogen) atoms. The molecule has 0 bridgehead atoms. The van der Waals surface area contributed by atoms with Crippen LogP contribution < -0.4 is 16.4 Å². The summed E-state index contributed by atoms with van der Waals surface area (Å²) in [4.78, 5) is 50.6. The summed E-state index contributed by atoms with van der Waals surface area (Å²) in [5.41, 5.74) is 7.37. The molecule has 1 saturated heterocycles. The van der Waals surface area contributed by atoms with Crippen LogP contribution in [0.15, 0.2) is 72.3 Å². The Labute approximate surface area is 304 Å². The van der Waals surface area contributed by atoms with Crippen LogP contribution in [0.25, 0.3) is 0 Å². The first-order valence-corrected chi connectivity index (χ1v) is 18.3. The van der Waals surface area contributed by atoms with Gasteiger partial charge in [0.2, 0.25) is 11.8 Å². The molecule has 5 aliphatic rings. The second-order valence-electron chi connectivity index (χ2n) is 16.0. The molecule has 7 rings (SSSR count). The lowest BCUT2D eigenvalue weighted by atomic mass is 9.46. The standard InChI is InChI=1S/C41H49N3O8/c1-22(42)36(49)43-23(2)37(50)44-28-7-5-6-25(17-28)16-24-8-10-26(11-9-24)38-51-34-19-31-30-13-12-27-18-29(46)14-15-39(27,3)35(30)32(47)20-40(31,4)41(34,52-38)33(48)21-45/h5-11,14-15,17-18,22-23,30-32,34-35,38,45,47H,12-13,16,19-21,42H2,1-4H3,(H,43,49)(H,44,50)/t22-,23-,30-,31-,32-,34+,35+,38+,39-,40-,41+/m0/s1. The molecule has 2 amide bonds. The lowest BCUT2D eigenvalue weighted by Crippen LogP contribution is -2.63. The van der Waals surface area contributed by atoms with Gasteiger partial charge in [0.1, 0.15) is 12.6 Å². The van der Waals surface area contributed by atoms with Crippen LogP contribution in [0.5, 0.6) is 0 Å². The number of allylic oxidation sites excluding steroid dienone is 4. The van der Waals surface area contributed by atoms with Crippen LogP contribution >= 0.6 is 0 Å². The van der Waals surface area contributed by atoms with E-state index in [4.69, 9.17) is 15.2 Å². The number of hydrogen-bond acceptors (Lipinski definition) is 9. The van der Waals surface area contributed by atoms with Gasteiger partial charge in [-0.15, -0.1) is 0 Å². The Kier molecular flexibility index (Phi) is 9.40. The number of amides is 2. The van der Waals surface area contributed by atoms with E-state index in [0.717, 1.165) is 35.1 Å². The third-order valence-electron chi connectivity index (χ3n) is 12.8. The monoisotopic (exact) mass is 711 g/mol. The third-order valence-corrected chi connectivity index (χ3v) is 12.8. The molecule has 4 fully saturated rings. The van der Waals surface area contributed by atoms with Crippen molar-refractivity contribution < 1.29 is 38.9 Å². The fourth-order valence-corrected chi connectivity index (χ4v) is 10.3. The number of rotatable bonds is 9. The number of ether oxygens (including phenoxy) is 2. The summed E-state index contributed by atoms with van der Waals surface area (Å²) in [5, 5.41) is 27.6. The summed E-state index contributed by atoms with van der Waals surface area (Å²) >= 11 is 0. The molecule has 11 atom stereocenters. The van der Waals surface area contributed by atoms with E-state index in [-0.39, 0.29) is 29.4 Å². The molecule has 6 N–H and O–H groups in total. The highest BCUT2D eigenvalue weighted by Crippen LogP contribution is 2.70. The third kappa shape index (κ3) is 5.87. The Morgan fingerprint density at radius 1 is 1.06 bits per heavy atom. The average Bonchev–Trinajstić information content (AvgIpc) is 3.61. The molecule has 276 valence electrons. The maximum absolute atomic E-state index is 13.9. The van der Waals surface area contributed by atoms with Crippen LogP contribution in [-0.2, 0) is 35.1 Å². The van der Waals surface area contributed by atoms with Gasteiger partial charge in [0.25, 0.3) is 0 Å². The first-order chi connectivity index (χ1) is 24.7. The number of carbonyl (C=O) groups is 4. The zero-order valence-corrected chi connectivity index (χ0v) is 30.1. The molecule has 3 saturated carbocycles. The van der Waals surface area contributed by atoms with Crippen LogP contribution in [0, 0.1) is 28.6 Å². The average molecular weight is 712 g/mol. The van der Waals surface area contributed by atoms with Crippen molar-refractivity contribution in [1.29, 1.82) is 0 Å². The molecule has 2 aromatic rings. The van der Waals surface area contributed by atoms with E-state index in [1.807, 2.05) is 55.5 Å². The van der Waals surface area contributed by atoms with Gasteiger partial charge in [-0.1, -0.05) is 61.9 Å². The lowest BCUT2D eigenvalue weighted by Gasteiger charge is -2.59. The number of benzene rings is 2. The minimum Gasteiger partial charge on any atom is -0.393 e. The first kappa shape index (κ1) is 36.4. The van der Waals surface area contributed by atoms with Crippen LogP contribution in [0.1, 0.15) is 76.4 Å². The molecule has 0 unspecified atom stereocenters. The summed E-state index contributed by atoms with van der Waals surface area (Å²) < 4.78 is 13.3. The van der Waals surface area contributed by atoms with Crippen molar-refractivity contribution in [2.45, 2.75) is 96.0 Å². The van der Waals surface area contributed by atoms with Gasteiger partial charge in [0, 0.05) is 28.0 Å². The maximum Gasteiger partial charge on any atom is 0.246 e. The van der Waals surface area contributed by atoms with E-state index in [9.17, 15) is 29.4 Å². The first-order valence-electron chi connectivity index (χ1n) is 18.3. The van der Waals surface area contributed by atoms with Crippen LogP contribution in [0.4, 0.5) is 5.69 Å². The number of ketones is 2. The lowest BCUT2D eigenvalue weighted by molar-refractivity contribution is -0.201. The van der Waals surface area contributed by atoms with E-state index in [0.29, 0.717) is 24.9 Å². The largest absolute Gasteiger partial charge is 0.393 e. The van der Waals surface area contributed by atoms with E-state index < -0.39 is 65.3 Å². The van der Waals surface area contributed by atoms with Gasteiger partial charge in [-0.2, -0.15) is 0 Å². The number of nitrogens with two attached hydrogens (primary N) is 1. The number of carbonyl (C=O) groups excluding carboxylic acids is 4. The quantitative estimate of drug-likeness (QED) is 0.260. The number of aliphatic hydroxyl groups excluding tert-OH is 2. The Morgan fingerprint density at radius 3 is 2.52 bits per heavy atom. The van der Waals surface area contributed by atoms with Crippen molar-refractivity contribution >= 4 is 29.1 Å². The number of nitrogens with one attached hydrogen (secondary N) is 2. The smallest absolute Gasteiger partial charge is 0.246 e. The predicted molar refractivity (Wildman–Crippen MR) is 192 cm³/mol. The number of fused-ring (bicyclic) bond motifs is 7. The van der Waals surface area contributed by atoms with Crippen molar-refractivity contribution in [2.24, 2.45) is 34.3 Å². The van der Waals surface area contributed by atoms with Crippen molar-refractivity contribution in [3.05, 3.63) is 89.0 Å². The molecule has 2 aromatic carbocycles. The zero-order valence-electron chi connectivity index (χ0n) is 30.1. The summed E-state index contributed by atoms with van der Waals surface area (Å²) in [5.74, 6) is -1.19. The van der Waals surface area contributed by atoms with Crippen molar-refractivity contribution in [3.8, 4) is 0 Å². The number of anilines is 1. The summed E-state index contributed by atoms with van der Waals surface area (Å²) in [6.45, 7) is 6.61. The molecule has 1 heterocycles. The van der Waals surface area contributed by atoms with Gasteiger partial charge in [0.05, 0.1) is 18.2 Å². The van der Waals surface area contributed by atoms with Gasteiger partial charge in [0.15, 0.2) is 23.5 Å². The Bertz CT molecular complexity index is 1840. The summed E-state index contributed by atoms with van der Waals surface area (Å²) in [6.07, 6.45) is 6.19. The second-order valence-corrected chi connectivity index (χ2v) is 16.0. The van der Waals surface area contributed by atoms with Gasteiger partial charge in [-0.3, -0.25) is 19.2 Å². The molecule has 0 spiro atoms. The summed E-state index contributed by atoms with van der Waals surface area (Å²) in [6, 6.07) is 13.8. The number of Topliss-reactive ketones (excluding diaryl/α,β-unsaturated/α-hetero) is 1. The van der Waals surface area contributed by atoms with Gasteiger partial charge in [-0.05, 0) is 93.2 Å². The van der Waals surface area contributed by atoms with E-state index in [1.165, 1.54) is 0 Å². The van der Waals surface area contributed by atoms with Crippen molar-refractivity contribution in [3.63, 3.8) is 0 Å². The fourth-order valence-electron chi connectivity index (χ4n) is 10.3. The van der Waals surface area contributed by atoms with E-state index >= 15 is 0 Å². The second kappa shape index (κ2) is 13.4. The Balaban J connectivity index is 1.06. The van der Waals surface area contributed by atoms with Crippen molar-refractivity contribution in [2.75, 3.05) is 11.9 Å². The van der Waals surface area contributed by atoms with Crippen LogP contribution in [0.3, 0.4) is 0 Å². The zero-order chi connectivity index (χ0) is 37.2. The number of hydrogen-bond donors (Lipinski definition) is 5. The highest BCUT2D eigenvalue weighted by molar-refractivity contribution is 6.01. The molecule has 1 aliphatic heterocycles. The van der Waals surface area contributed by atoms with E-state index in [2.05, 4.69) is 17.6 Å². The van der Waals surface area contributed by atoms with Crippen LogP contribution in [-0.4, -0.2) is 70.1 Å². The molecule has 0 aromatic heterocycles. The summed E-state index contributed by atoms with van der Waals surface area (Å²) in [7, 11) is 0. The van der Waals surface area contributed by atoms with Gasteiger partial charge < -0.3 is 36.1 Å². The molecule has 4 aliphatic carbocycles.